The van der Waals surface area contributed by atoms with E-state index in [2.05, 4.69) is 5.32 Å². The van der Waals surface area contributed by atoms with Gasteiger partial charge in [-0.2, -0.15) is 0 Å². The van der Waals surface area contributed by atoms with Crippen LogP contribution in [0.15, 0.2) is 24.3 Å². The highest BCUT2D eigenvalue weighted by atomic mass is 35.5. The fraction of sp³-hybridized carbons (Fsp3) is 0.333. The van der Waals surface area contributed by atoms with Crippen molar-refractivity contribution in [1.82, 2.24) is 4.90 Å². The van der Waals surface area contributed by atoms with Gasteiger partial charge in [0.2, 0.25) is 0 Å². The van der Waals surface area contributed by atoms with Gasteiger partial charge >= 0.3 is 0 Å². The molecular weight excluding hydrogens is 344 g/mol. The van der Waals surface area contributed by atoms with Gasteiger partial charge in [0.05, 0.1) is 16.1 Å². The lowest BCUT2D eigenvalue weighted by atomic mass is 9.95. The van der Waals surface area contributed by atoms with Crippen LogP contribution in [0.1, 0.15) is 44.0 Å². The zero-order chi connectivity index (χ0) is 17.3. The number of thiophene rings is 1. The predicted octanol–water partition coefficient (Wildman–Crippen LogP) is 4.23. The average Bonchev–Trinajstić information content (AvgIpc) is 2.92. The van der Waals surface area contributed by atoms with Crippen molar-refractivity contribution < 1.29 is 9.59 Å². The second-order valence-electron chi connectivity index (χ2n) is 6.05. The molecule has 3 rings (SSSR count). The molecule has 2 amide bonds. The van der Waals surface area contributed by atoms with Gasteiger partial charge in [-0.25, -0.2) is 0 Å². The van der Waals surface area contributed by atoms with E-state index in [9.17, 15) is 9.59 Å². The lowest BCUT2D eigenvalue weighted by Crippen LogP contribution is -2.24. The largest absolute Gasteiger partial charge is 0.345 e. The number of benzene rings is 1. The first-order valence-electron chi connectivity index (χ1n) is 7.91. The van der Waals surface area contributed by atoms with E-state index in [0.29, 0.717) is 21.2 Å². The molecule has 4 nitrogen and oxygen atoms in total. The molecule has 1 aliphatic rings. The molecule has 0 saturated carbocycles. The van der Waals surface area contributed by atoms with Crippen molar-refractivity contribution in [2.24, 2.45) is 0 Å². The molecule has 1 aromatic heterocycles. The van der Waals surface area contributed by atoms with Crippen molar-refractivity contribution in [3.05, 3.63) is 50.9 Å². The van der Waals surface area contributed by atoms with Gasteiger partial charge in [-0.05, 0) is 43.4 Å². The summed E-state index contributed by atoms with van der Waals surface area (Å²) in [6.45, 7) is 0. The van der Waals surface area contributed by atoms with Crippen molar-refractivity contribution >= 4 is 39.8 Å². The lowest BCUT2D eigenvalue weighted by molar-refractivity contribution is 0.0828. The quantitative estimate of drug-likeness (QED) is 0.888. The monoisotopic (exact) mass is 362 g/mol. The molecule has 1 N–H and O–H groups in total. The first kappa shape index (κ1) is 17.0. The highest BCUT2D eigenvalue weighted by Crippen LogP contribution is 2.39. The Morgan fingerprint density at radius 1 is 1.17 bits per heavy atom. The summed E-state index contributed by atoms with van der Waals surface area (Å²) in [4.78, 5) is 28.0. The average molecular weight is 363 g/mol. The molecule has 0 spiro atoms. The van der Waals surface area contributed by atoms with Crippen LogP contribution in [0, 0.1) is 0 Å². The first-order valence-corrected chi connectivity index (χ1v) is 9.10. The van der Waals surface area contributed by atoms with Gasteiger partial charge in [0.25, 0.3) is 11.8 Å². The van der Waals surface area contributed by atoms with Gasteiger partial charge in [-0.15, -0.1) is 11.3 Å². The van der Waals surface area contributed by atoms with Crippen LogP contribution in [-0.4, -0.2) is 30.8 Å². The number of amides is 2. The number of aryl methyl sites for hydroxylation is 1. The Balaban J connectivity index is 1.98. The van der Waals surface area contributed by atoms with Crippen LogP contribution in [0.3, 0.4) is 0 Å². The third-order valence-corrected chi connectivity index (χ3v) is 5.67. The van der Waals surface area contributed by atoms with E-state index >= 15 is 0 Å². The number of hydrogen-bond acceptors (Lipinski definition) is 3. The van der Waals surface area contributed by atoms with Gasteiger partial charge in [-0.3, -0.25) is 9.59 Å². The van der Waals surface area contributed by atoms with Gasteiger partial charge in [0.1, 0.15) is 5.00 Å². The van der Waals surface area contributed by atoms with Crippen LogP contribution < -0.4 is 5.32 Å². The topological polar surface area (TPSA) is 49.4 Å². The molecular formula is C18H19ClN2O2S. The number of hydrogen-bond donors (Lipinski definition) is 1. The second-order valence-corrected chi connectivity index (χ2v) is 7.56. The molecule has 0 bridgehead atoms. The Morgan fingerprint density at radius 2 is 1.88 bits per heavy atom. The smallest absolute Gasteiger partial charge is 0.257 e. The maximum absolute atomic E-state index is 12.6. The molecule has 24 heavy (non-hydrogen) atoms. The van der Waals surface area contributed by atoms with Crippen molar-refractivity contribution in [3.63, 3.8) is 0 Å². The lowest BCUT2D eigenvalue weighted by Gasteiger charge is -2.16. The van der Waals surface area contributed by atoms with Gasteiger partial charge in [0.15, 0.2) is 0 Å². The Kier molecular flexibility index (Phi) is 4.92. The number of fused-ring (bicyclic) bond motifs is 1. The summed E-state index contributed by atoms with van der Waals surface area (Å²) in [5.41, 5.74) is 2.15. The van der Waals surface area contributed by atoms with E-state index in [1.807, 2.05) is 0 Å². The van der Waals surface area contributed by atoms with E-state index in [1.165, 1.54) is 16.2 Å². The summed E-state index contributed by atoms with van der Waals surface area (Å²) < 4.78 is 0. The molecule has 0 atom stereocenters. The SMILES string of the molecule is CN(C)C(=O)c1c(NC(=O)c2ccccc2Cl)sc2c1CCCC2. The van der Waals surface area contributed by atoms with Crippen LogP contribution in [-0.2, 0) is 12.8 Å². The van der Waals surface area contributed by atoms with E-state index in [0.717, 1.165) is 31.2 Å². The number of carbonyl (C=O) groups is 2. The van der Waals surface area contributed by atoms with Crippen LogP contribution in [0.25, 0.3) is 0 Å². The summed E-state index contributed by atoms with van der Waals surface area (Å²) in [6.07, 6.45) is 4.06. The van der Waals surface area contributed by atoms with Crippen LogP contribution in [0.5, 0.6) is 0 Å². The fourth-order valence-electron chi connectivity index (χ4n) is 2.92. The molecule has 0 radical (unpaired) electrons. The van der Waals surface area contributed by atoms with Crippen LogP contribution >= 0.6 is 22.9 Å². The maximum Gasteiger partial charge on any atom is 0.257 e. The number of anilines is 1. The fourth-order valence-corrected chi connectivity index (χ4v) is 4.42. The highest BCUT2D eigenvalue weighted by molar-refractivity contribution is 7.17. The Bertz CT molecular complexity index is 798. The molecule has 6 heteroatoms. The standard InChI is InChI=1S/C18H19ClN2O2S/c1-21(2)18(23)15-12-8-4-6-10-14(12)24-17(15)20-16(22)11-7-3-5-9-13(11)19/h3,5,7,9H,4,6,8,10H2,1-2H3,(H,20,22). The Labute approximate surface area is 150 Å². The minimum absolute atomic E-state index is 0.0659. The van der Waals surface area contributed by atoms with Crippen molar-refractivity contribution in [2.45, 2.75) is 25.7 Å². The molecule has 1 aliphatic carbocycles. The number of nitrogens with zero attached hydrogens (tertiary/aromatic N) is 1. The minimum Gasteiger partial charge on any atom is -0.345 e. The number of carbonyl (C=O) groups excluding carboxylic acids is 2. The van der Waals surface area contributed by atoms with E-state index in [-0.39, 0.29) is 11.8 Å². The van der Waals surface area contributed by atoms with E-state index < -0.39 is 0 Å². The molecule has 0 unspecified atom stereocenters. The summed E-state index contributed by atoms with van der Waals surface area (Å²) in [5.74, 6) is -0.351. The summed E-state index contributed by atoms with van der Waals surface area (Å²) in [5, 5.41) is 3.94. The Morgan fingerprint density at radius 3 is 2.58 bits per heavy atom. The van der Waals surface area contributed by atoms with Crippen LogP contribution in [0.2, 0.25) is 5.02 Å². The summed E-state index contributed by atoms with van der Waals surface area (Å²) in [7, 11) is 3.46. The molecule has 126 valence electrons. The van der Waals surface area contributed by atoms with Crippen molar-refractivity contribution in [3.8, 4) is 0 Å². The van der Waals surface area contributed by atoms with E-state index in [4.69, 9.17) is 11.6 Å². The molecule has 0 saturated heterocycles. The Hall–Kier alpha value is -1.85. The third-order valence-electron chi connectivity index (χ3n) is 4.14. The van der Waals surface area contributed by atoms with Crippen molar-refractivity contribution in [2.75, 3.05) is 19.4 Å². The molecule has 0 aliphatic heterocycles. The molecule has 2 aromatic rings. The predicted molar refractivity (Wildman–Crippen MR) is 98.4 cm³/mol. The highest BCUT2D eigenvalue weighted by Gasteiger charge is 2.27. The maximum atomic E-state index is 12.6. The minimum atomic E-state index is -0.285. The summed E-state index contributed by atoms with van der Waals surface area (Å²) in [6, 6.07) is 6.91. The zero-order valence-electron chi connectivity index (χ0n) is 13.7. The molecule has 0 fully saturated rings. The molecule has 1 aromatic carbocycles. The number of rotatable bonds is 3. The third kappa shape index (κ3) is 3.19. The van der Waals surface area contributed by atoms with E-state index in [1.54, 1.807) is 43.3 Å². The summed E-state index contributed by atoms with van der Waals surface area (Å²) >= 11 is 7.62. The normalized spacial score (nSPS) is 13.3. The van der Waals surface area contributed by atoms with Crippen LogP contribution in [0.4, 0.5) is 5.00 Å². The second kappa shape index (κ2) is 6.95. The molecule has 1 heterocycles. The van der Waals surface area contributed by atoms with Gasteiger partial charge in [0, 0.05) is 19.0 Å². The zero-order valence-corrected chi connectivity index (χ0v) is 15.3. The first-order chi connectivity index (χ1) is 11.5. The number of halogens is 1. The van der Waals surface area contributed by atoms with Gasteiger partial charge in [-0.1, -0.05) is 23.7 Å². The van der Waals surface area contributed by atoms with Gasteiger partial charge < -0.3 is 10.2 Å². The number of nitrogens with one attached hydrogen (secondary N) is 1. The van der Waals surface area contributed by atoms with Crippen molar-refractivity contribution in [1.29, 1.82) is 0 Å².